The summed E-state index contributed by atoms with van der Waals surface area (Å²) < 4.78 is 5.85. The van der Waals surface area contributed by atoms with Gasteiger partial charge < -0.3 is 20.5 Å². The van der Waals surface area contributed by atoms with Crippen LogP contribution in [-0.4, -0.2) is 35.2 Å². The van der Waals surface area contributed by atoms with Gasteiger partial charge in [-0.05, 0) is 54.8 Å². The highest BCUT2D eigenvalue weighted by atomic mass is 16.5. The summed E-state index contributed by atoms with van der Waals surface area (Å²) in [6, 6.07) is 24.4. The van der Waals surface area contributed by atoms with Gasteiger partial charge in [-0.2, -0.15) is 0 Å². The first-order valence-corrected chi connectivity index (χ1v) is 10.5. The fourth-order valence-corrected chi connectivity index (χ4v) is 3.72. The Hall–Kier alpha value is -3.51. The van der Waals surface area contributed by atoms with Crippen LogP contribution in [0.15, 0.2) is 78.9 Å². The number of ether oxygens (including phenoxy) is 1. The third-order valence-electron chi connectivity index (χ3n) is 5.34. The molecule has 3 aromatic rings. The molecule has 1 aliphatic heterocycles. The van der Waals surface area contributed by atoms with E-state index in [0.717, 1.165) is 44.0 Å². The number of urea groups is 1. The van der Waals surface area contributed by atoms with Crippen molar-refractivity contribution in [2.75, 3.05) is 18.4 Å². The Morgan fingerprint density at radius 3 is 2.35 bits per heavy atom. The summed E-state index contributed by atoms with van der Waals surface area (Å²) in [7, 11) is 0. The summed E-state index contributed by atoms with van der Waals surface area (Å²) in [5.74, 6) is 1.79. The van der Waals surface area contributed by atoms with Gasteiger partial charge in [-0.15, -0.1) is 0 Å². The standard InChI is InChI=1S/C25H27N3O3/c29-22-6-4-5-21(17-22)27-25(30)26-20-13-15-28(16-14-20)18-19-9-11-24(12-10-19)31-23-7-2-1-3-8-23/h1-12,17,20,29H,13-16,18H2,(H2,26,27,30). The van der Waals surface area contributed by atoms with Crippen LogP contribution in [0.25, 0.3) is 0 Å². The van der Waals surface area contributed by atoms with E-state index in [1.807, 2.05) is 42.5 Å². The summed E-state index contributed by atoms with van der Waals surface area (Å²) in [5.41, 5.74) is 1.82. The van der Waals surface area contributed by atoms with Crippen LogP contribution in [0.3, 0.4) is 0 Å². The Bertz CT molecular complexity index is 984. The Kier molecular flexibility index (Phi) is 6.69. The number of nitrogens with zero attached hydrogens (tertiary/aromatic N) is 1. The molecular weight excluding hydrogens is 390 g/mol. The van der Waals surface area contributed by atoms with Crippen LogP contribution in [0, 0.1) is 0 Å². The van der Waals surface area contributed by atoms with E-state index in [4.69, 9.17) is 4.74 Å². The van der Waals surface area contributed by atoms with Crippen molar-refractivity contribution in [1.29, 1.82) is 0 Å². The smallest absolute Gasteiger partial charge is 0.319 e. The molecule has 0 radical (unpaired) electrons. The van der Waals surface area contributed by atoms with E-state index in [0.29, 0.717) is 5.69 Å². The first-order chi connectivity index (χ1) is 15.1. The van der Waals surface area contributed by atoms with E-state index in [1.165, 1.54) is 11.6 Å². The van der Waals surface area contributed by atoms with Gasteiger partial charge in [-0.3, -0.25) is 4.90 Å². The van der Waals surface area contributed by atoms with E-state index >= 15 is 0 Å². The van der Waals surface area contributed by atoms with Crippen LogP contribution >= 0.6 is 0 Å². The Labute approximate surface area is 182 Å². The quantitative estimate of drug-likeness (QED) is 0.529. The summed E-state index contributed by atoms with van der Waals surface area (Å²) >= 11 is 0. The van der Waals surface area contributed by atoms with E-state index in [-0.39, 0.29) is 17.8 Å². The molecule has 160 valence electrons. The second kappa shape index (κ2) is 10.00. The average molecular weight is 418 g/mol. The number of carbonyl (C=O) groups excluding carboxylic acids is 1. The molecule has 31 heavy (non-hydrogen) atoms. The molecule has 0 atom stereocenters. The number of hydrogen-bond acceptors (Lipinski definition) is 4. The van der Waals surface area contributed by atoms with Crippen LogP contribution in [-0.2, 0) is 6.54 Å². The van der Waals surface area contributed by atoms with Crippen molar-refractivity contribution >= 4 is 11.7 Å². The number of carbonyl (C=O) groups is 1. The van der Waals surface area contributed by atoms with Crippen molar-refractivity contribution in [2.45, 2.75) is 25.4 Å². The number of likely N-dealkylation sites (tertiary alicyclic amines) is 1. The SMILES string of the molecule is O=C(Nc1cccc(O)c1)NC1CCN(Cc2ccc(Oc3ccccc3)cc2)CC1. The minimum absolute atomic E-state index is 0.130. The monoisotopic (exact) mass is 417 g/mol. The van der Waals surface area contributed by atoms with Crippen molar-refractivity contribution in [3.63, 3.8) is 0 Å². The normalized spacial score (nSPS) is 14.7. The van der Waals surface area contributed by atoms with E-state index < -0.39 is 0 Å². The van der Waals surface area contributed by atoms with E-state index in [9.17, 15) is 9.90 Å². The fourth-order valence-electron chi connectivity index (χ4n) is 3.72. The van der Waals surface area contributed by atoms with Crippen molar-refractivity contribution in [3.8, 4) is 17.2 Å². The number of phenols is 1. The second-order valence-electron chi connectivity index (χ2n) is 7.76. The lowest BCUT2D eigenvalue weighted by Gasteiger charge is -2.32. The number of rotatable bonds is 6. The van der Waals surface area contributed by atoms with Gasteiger partial charge in [0.1, 0.15) is 17.2 Å². The molecule has 1 aliphatic rings. The molecule has 6 heteroatoms. The van der Waals surface area contributed by atoms with Crippen LogP contribution in [0.2, 0.25) is 0 Å². The number of para-hydroxylation sites is 1. The highest BCUT2D eigenvalue weighted by Crippen LogP contribution is 2.22. The molecule has 3 N–H and O–H groups in total. The van der Waals surface area contributed by atoms with Crippen LogP contribution < -0.4 is 15.4 Å². The largest absolute Gasteiger partial charge is 0.508 e. The van der Waals surface area contributed by atoms with Gasteiger partial charge in [-0.1, -0.05) is 36.4 Å². The minimum atomic E-state index is -0.238. The Morgan fingerprint density at radius 2 is 1.65 bits per heavy atom. The molecule has 0 spiro atoms. The molecule has 4 rings (SSSR count). The van der Waals surface area contributed by atoms with Gasteiger partial charge in [0.05, 0.1) is 0 Å². The first-order valence-electron chi connectivity index (χ1n) is 10.5. The number of nitrogens with one attached hydrogen (secondary N) is 2. The van der Waals surface area contributed by atoms with Gasteiger partial charge >= 0.3 is 6.03 Å². The predicted octanol–water partition coefficient (Wildman–Crippen LogP) is 4.97. The van der Waals surface area contributed by atoms with Crippen LogP contribution in [0.4, 0.5) is 10.5 Å². The summed E-state index contributed by atoms with van der Waals surface area (Å²) in [6.07, 6.45) is 1.81. The molecule has 0 aromatic heterocycles. The molecule has 0 saturated carbocycles. The molecule has 0 bridgehead atoms. The average Bonchev–Trinajstić information content (AvgIpc) is 2.77. The number of phenolic OH excluding ortho intramolecular Hbond substituents is 1. The molecule has 3 aromatic carbocycles. The third-order valence-corrected chi connectivity index (χ3v) is 5.34. The number of aromatic hydroxyl groups is 1. The Morgan fingerprint density at radius 1 is 0.935 bits per heavy atom. The summed E-state index contributed by atoms with van der Waals surface area (Å²) in [4.78, 5) is 14.6. The van der Waals surface area contributed by atoms with Gasteiger partial charge in [0, 0.05) is 37.4 Å². The maximum absolute atomic E-state index is 12.2. The lowest BCUT2D eigenvalue weighted by atomic mass is 10.0. The summed E-state index contributed by atoms with van der Waals surface area (Å²) in [5, 5.41) is 15.3. The highest BCUT2D eigenvalue weighted by Gasteiger charge is 2.20. The van der Waals surface area contributed by atoms with Gasteiger partial charge in [0.25, 0.3) is 0 Å². The Balaban J connectivity index is 1.20. The number of piperidine rings is 1. The zero-order chi connectivity index (χ0) is 21.5. The molecular formula is C25H27N3O3. The first kappa shape index (κ1) is 20.8. The predicted molar refractivity (Wildman–Crippen MR) is 122 cm³/mol. The number of hydrogen-bond donors (Lipinski definition) is 3. The second-order valence-corrected chi connectivity index (χ2v) is 7.76. The maximum Gasteiger partial charge on any atom is 0.319 e. The van der Waals surface area contributed by atoms with Gasteiger partial charge in [0.15, 0.2) is 0 Å². The molecule has 0 unspecified atom stereocenters. The molecule has 2 amide bonds. The molecule has 1 saturated heterocycles. The van der Waals surface area contributed by atoms with E-state index in [2.05, 4.69) is 27.7 Å². The van der Waals surface area contributed by atoms with Crippen molar-refractivity contribution in [3.05, 3.63) is 84.4 Å². The van der Waals surface area contributed by atoms with Crippen LogP contribution in [0.1, 0.15) is 18.4 Å². The zero-order valence-corrected chi connectivity index (χ0v) is 17.3. The summed E-state index contributed by atoms with van der Waals surface area (Å²) in [6.45, 7) is 2.74. The van der Waals surface area contributed by atoms with Gasteiger partial charge in [-0.25, -0.2) is 4.79 Å². The van der Waals surface area contributed by atoms with Crippen molar-refractivity contribution < 1.29 is 14.6 Å². The van der Waals surface area contributed by atoms with Gasteiger partial charge in [0.2, 0.25) is 0 Å². The maximum atomic E-state index is 12.2. The molecule has 6 nitrogen and oxygen atoms in total. The third kappa shape index (κ3) is 6.23. The molecule has 1 fully saturated rings. The number of benzene rings is 3. The highest BCUT2D eigenvalue weighted by molar-refractivity contribution is 5.89. The zero-order valence-electron chi connectivity index (χ0n) is 17.3. The topological polar surface area (TPSA) is 73.8 Å². The van der Waals surface area contributed by atoms with Crippen molar-refractivity contribution in [2.24, 2.45) is 0 Å². The van der Waals surface area contributed by atoms with Crippen molar-refractivity contribution in [1.82, 2.24) is 10.2 Å². The number of amides is 2. The van der Waals surface area contributed by atoms with E-state index in [1.54, 1.807) is 18.2 Å². The molecule has 0 aliphatic carbocycles. The van der Waals surface area contributed by atoms with Crippen LogP contribution in [0.5, 0.6) is 17.2 Å². The lowest BCUT2D eigenvalue weighted by Crippen LogP contribution is -2.45. The fraction of sp³-hybridized carbons (Fsp3) is 0.240. The molecule has 1 heterocycles. The number of anilines is 1. The lowest BCUT2D eigenvalue weighted by molar-refractivity contribution is 0.190. The minimum Gasteiger partial charge on any atom is -0.508 e.